The Morgan fingerprint density at radius 3 is 2.83 bits per heavy atom. The molecular formula is C28H26ClN3O2S2. The molecule has 0 fully saturated rings. The van der Waals surface area contributed by atoms with Gasteiger partial charge < -0.3 is 4.90 Å². The van der Waals surface area contributed by atoms with Gasteiger partial charge in [-0.05, 0) is 80.8 Å². The van der Waals surface area contributed by atoms with Crippen molar-refractivity contribution < 1.29 is 4.79 Å². The minimum atomic E-state index is -0.0749. The van der Waals surface area contributed by atoms with Crippen molar-refractivity contribution in [2.75, 3.05) is 10.7 Å². The summed E-state index contributed by atoms with van der Waals surface area (Å²) in [7, 11) is 0. The highest BCUT2D eigenvalue weighted by Gasteiger charge is 2.31. The molecular weight excluding hydrogens is 510 g/mol. The third-order valence-corrected chi connectivity index (χ3v) is 9.69. The number of thiophene rings is 1. The second kappa shape index (κ2) is 9.36. The molecule has 8 heteroatoms. The summed E-state index contributed by atoms with van der Waals surface area (Å²) in [5.41, 5.74) is 4.87. The first-order chi connectivity index (χ1) is 17.4. The first-order valence-electron chi connectivity index (χ1n) is 12.3. The molecule has 1 aliphatic carbocycles. The van der Waals surface area contributed by atoms with Crippen molar-refractivity contribution in [3.05, 3.63) is 79.4 Å². The third kappa shape index (κ3) is 3.98. The van der Waals surface area contributed by atoms with Crippen LogP contribution in [0.15, 0.2) is 52.4 Å². The molecule has 2 aromatic carbocycles. The monoisotopic (exact) mass is 535 g/mol. The quantitative estimate of drug-likeness (QED) is 0.225. The van der Waals surface area contributed by atoms with Gasteiger partial charge in [-0.25, -0.2) is 4.98 Å². The minimum Gasteiger partial charge on any atom is -0.308 e. The standard InChI is InChI=1S/C28H26ClN3O2S2/c1-16-11-12-19(14-21(16)29)32-27(34)25-20-8-4-6-10-23(20)36-26(25)30-28(32)35-15-24(33)31-17(2)13-18-7-3-5-9-22(18)31/h3,5,7,9,11-12,14,17H,4,6,8,10,13,15H2,1-2H3. The van der Waals surface area contributed by atoms with Crippen LogP contribution in [0, 0.1) is 6.92 Å². The maximum absolute atomic E-state index is 14.0. The number of hydrogen-bond acceptors (Lipinski definition) is 5. The summed E-state index contributed by atoms with van der Waals surface area (Å²) >= 11 is 9.41. The van der Waals surface area contributed by atoms with E-state index in [1.54, 1.807) is 15.9 Å². The summed E-state index contributed by atoms with van der Waals surface area (Å²) in [6.45, 7) is 4.02. The average Bonchev–Trinajstić information content (AvgIpc) is 3.41. The predicted molar refractivity (Wildman–Crippen MR) is 149 cm³/mol. The lowest BCUT2D eigenvalue weighted by molar-refractivity contribution is -0.116. The highest BCUT2D eigenvalue weighted by Crippen LogP contribution is 2.36. The van der Waals surface area contributed by atoms with E-state index >= 15 is 0 Å². The van der Waals surface area contributed by atoms with Crippen LogP contribution < -0.4 is 10.5 Å². The molecule has 1 amide bonds. The van der Waals surface area contributed by atoms with Crippen molar-refractivity contribution in [1.29, 1.82) is 0 Å². The molecule has 1 atom stereocenters. The fourth-order valence-corrected chi connectivity index (χ4v) is 7.72. The summed E-state index contributed by atoms with van der Waals surface area (Å²) in [5, 5.41) is 1.85. The summed E-state index contributed by atoms with van der Waals surface area (Å²) in [6, 6.07) is 13.8. The smallest absolute Gasteiger partial charge is 0.267 e. The van der Waals surface area contributed by atoms with Gasteiger partial charge in [-0.2, -0.15) is 0 Å². The molecule has 0 radical (unpaired) electrons. The molecule has 0 spiro atoms. The van der Waals surface area contributed by atoms with Crippen LogP contribution in [-0.4, -0.2) is 27.3 Å². The normalized spacial score (nSPS) is 16.9. The van der Waals surface area contributed by atoms with Crippen molar-refractivity contribution >= 4 is 56.5 Å². The summed E-state index contributed by atoms with van der Waals surface area (Å²) < 4.78 is 1.65. The summed E-state index contributed by atoms with van der Waals surface area (Å²) in [5.74, 6) is 0.215. The van der Waals surface area contributed by atoms with Gasteiger partial charge in [0, 0.05) is 21.6 Å². The molecule has 0 saturated carbocycles. The van der Waals surface area contributed by atoms with Gasteiger partial charge in [0.15, 0.2) is 5.16 Å². The molecule has 2 aliphatic rings. The van der Waals surface area contributed by atoms with E-state index in [2.05, 4.69) is 13.0 Å². The zero-order chi connectivity index (χ0) is 25.0. The SMILES string of the molecule is Cc1ccc(-n2c(SCC(=O)N3c4ccccc4CC3C)nc3sc4c(c3c2=O)CCCC4)cc1Cl. The van der Waals surface area contributed by atoms with Crippen LogP contribution in [0.1, 0.15) is 41.3 Å². The van der Waals surface area contributed by atoms with Crippen LogP contribution in [0.3, 0.4) is 0 Å². The number of anilines is 1. The van der Waals surface area contributed by atoms with Crippen molar-refractivity contribution in [3.8, 4) is 5.69 Å². The van der Waals surface area contributed by atoms with Crippen LogP contribution in [0.2, 0.25) is 5.02 Å². The zero-order valence-corrected chi connectivity index (χ0v) is 22.6. The number of halogens is 1. The fourth-order valence-electron chi connectivity index (χ4n) is 5.37. The Morgan fingerprint density at radius 2 is 2.00 bits per heavy atom. The number of aryl methyl sites for hydroxylation is 3. The number of rotatable bonds is 4. The van der Waals surface area contributed by atoms with Gasteiger partial charge in [0.2, 0.25) is 5.91 Å². The second-order valence-corrected chi connectivity index (χ2v) is 12.0. The van der Waals surface area contributed by atoms with E-state index in [4.69, 9.17) is 16.6 Å². The number of amides is 1. The maximum Gasteiger partial charge on any atom is 0.267 e. The molecule has 184 valence electrons. The molecule has 36 heavy (non-hydrogen) atoms. The van der Waals surface area contributed by atoms with Gasteiger partial charge in [-0.3, -0.25) is 14.2 Å². The maximum atomic E-state index is 14.0. The number of para-hydroxylation sites is 1. The molecule has 0 bridgehead atoms. The van der Waals surface area contributed by atoms with Gasteiger partial charge in [0.05, 0.1) is 16.8 Å². The Kier molecular flexibility index (Phi) is 6.18. The largest absolute Gasteiger partial charge is 0.308 e. The van der Waals surface area contributed by atoms with Crippen LogP contribution in [0.5, 0.6) is 0 Å². The molecule has 6 rings (SSSR count). The third-order valence-electron chi connectivity index (χ3n) is 7.17. The van der Waals surface area contributed by atoms with Gasteiger partial charge in [0.25, 0.3) is 5.56 Å². The Bertz CT molecular complexity index is 1580. The average molecular weight is 536 g/mol. The van der Waals surface area contributed by atoms with Crippen LogP contribution in [-0.2, 0) is 24.1 Å². The number of hydrogen-bond donors (Lipinski definition) is 0. The number of thioether (sulfide) groups is 1. The topological polar surface area (TPSA) is 55.2 Å². The van der Waals surface area contributed by atoms with Crippen molar-refractivity contribution in [1.82, 2.24) is 9.55 Å². The first-order valence-corrected chi connectivity index (χ1v) is 14.5. The lowest BCUT2D eigenvalue weighted by atomic mass is 9.97. The molecule has 1 unspecified atom stereocenters. The van der Waals surface area contributed by atoms with Crippen LogP contribution >= 0.6 is 34.7 Å². The second-order valence-electron chi connectivity index (χ2n) is 9.59. The van der Waals surface area contributed by atoms with E-state index in [0.29, 0.717) is 15.9 Å². The molecule has 2 aromatic heterocycles. The lowest BCUT2D eigenvalue weighted by Gasteiger charge is -2.22. The summed E-state index contributed by atoms with van der Waals surface area (Å²) in [6.07, 6.45) is 5.00. The lowest BCUT2D eigenvalue weighted by Crippen LogP contribution is -2.37. The number of aromatic nitrogens is 2. The zero-order valence-electron chi connectivity index (χ0n) is 20.2. The van der Waals surface area contributed by atoms with Crippen molar-refractivity contribution in [2.24, 2.45) is 0 Å². The van der Waals surface area contributed by atoms with Gasteiger partial charge in [-0.15, -0.1) is 11.3 Å². The van der Waals surface area contributed by atoms with Gasteiger partial charge in [-0.1, -0.05) is 47.6 Å². The minimum absolute atomic E-state index is 0.0192. The van der Waals surface area contributed by atoms with E-state index in [-0.39, 0.29) is 23.3 Å². The van der Waals surface area contributed by atoms with Gasteiger partial charge in [0.1, 0.15) is 4.83 Å². The van der Waals surface area contributed by atoms with E-state index in [1.807, 2.05) is 48.2 Å². The molecule has 1 aliphatic heterocycles. The highest BCUT2D eigenvalue weighted by atomic mass is 35.5. The number of benzene rings is 2. The Hall–Kier alpha value is -2.61. The highest BCUT2D eigenvalue weighted by molar-refractivity contribution is 7.99. The number of carbonyl (C=O) groups excluding carboxylic acids is 1. The van der Waals surface area contributed by atoms with E-state index < -0.39 is 0 Å². The van der Waals surface area contributed by atoms with Crippen LogP contribution in [0.25, 0.3) is 15.9 Å². The predicted octanol–water partition coefficient (Wildman–Crippen LogP) is 6.36. The number of nitrogens with zero attached hydrogens (tertiary/aromatic N) is 3. The number of carbonyl (C=O) groups is 1. The fraction of sp³-hybridized carbons (Fsp3) is 0.321. The molecule has 0 N–H and O–H groups in total. The van der Waals surface area contributed by atoms with Crippen molar-refractivity contribution in [2.45, 2.75) is 57.1 Å². The Balaban J connectivity index is 1.42. The molecule has 0 saturated heterocycles. The molecule has 3 heterocycles. The van der Waals surface area contributed by atoms with Gasteiger partial charge >= 0.3 is 0 Å². The van der Waals surface area contributed by atoms with E-state index in [9.17, 15) is 9.59 Å². The van der Waals surface area contributed by atoms with Crippen molar-refractivity contribution in [3.63, 3.8) is 0 Å². The van der Waals surface area contributed by atoms with E-state index in [0.717, 1.165) is 59.1 Å². The summed E-state index contributed by atoms with van der Waals surface area (Å²) in [4.78, 5) is 36.3. The first kappa shape index (κ1) is 23.8. The molecule has 4 aromatic rings. The van der Waals surface area contributed by atoms with E-state index in [1.165, 1.54) is 22.2 Å². The van der Waals surface area contributed by atoms with Crippen LogP contribution in [0.4, 0.5) is 5.69 Å². The molecule has 5 nitrogen and oxygen atoms in total. The number of fused-ring (bicyclic) bond motifs is 4. The Labute approximate surface area is 223 Å². The Morgan fingerprint density at radius 1 is 1.19 bits per heavy atom.